The number of benzene rings is 2. The minimum Gasteiger partial charge on any atom is -0.366 e. The summed E-state index contributed by atoms with van der Waals surface area (Å²) in [6.07, 6.45) is 0. The summed E-state index contributed by atoms with van der Waals surface area (Å²) in [4.78, 5) is 23.8. The van der Waals surface area contributed by atoms with Gasteiger partial charge in [0.15, 0.2) is 0 Å². The maximum absolute atomic E-state index is 12.1. The van der Waals surface area contributed by atoms with Crippen molar-refractivity contribution in [1.29, 1.82) is 0 Å². The smallest absolute Gasteiger partial charge is 0.257 e. The van der Waals surface area contributed by atoms with Crippen LogP contribution in [0.2, 0.25) is 5.02 Å². The zero-order valence-corrected chi connectivity index (χ0v) is 11.9. The quantitative estimate of drug-likeness (QED) is 0.763. The Morgan fingerprint density at radius 3 is 2.60 bits per heavy atom. The van der Waals surface area contributed by atoms with Crippen molar-refractivity contribution in [3.8, 4) is 0 Å². The first-order chi connectivity index (χ1) is 9.47. The molecule has 0 spiro atoms. The van der Waals surface area contributed by atoms with Gasteiger partial charge < -0.3 is 11.1 Å². The number of nitrogens with two attached hydrogens (primary N) is 1. The van der Waals surface area contributed by atoms with Gasteiger partial charge in [-0.25, -0.2) is 0 Å². The van der Waals surface area contributed by atoms with Crippen molar-refractivity contribution in [1.82, 2.24) is 0 Å². The van der Waals surface area contributed by atoms with Gasteiger partial charge in [-0.15, -0.1) is 12.6 Å². The molecule has 102 valence electrons. The SMILES string of the molecule is NC(=O)c1cccc(NC(=O)c2cc(S)ccc2Cl)c1. The van der Waals surface area contributed by atoms with Crippen LogP contribution in [0.3, 0.4) is 0 Å². The highest BCUT2D eigenvalue weighted by molar-refractivity contribution is 7.80. The molecule has 2 aromatic rings. The molecule has 4 nitrogen and oxygen atoms in total. The Kier molecular flexibility index (Phi) is 4.32. The molecular formula is C14H11ClN2O2S. The molecule has 20 heavy (non-hydrogen) atoms. The van der Waals surface area contributed by atoms with Crippen LogP contribution in [0.4, 0.5) is 5.69 Å². The van der Waals surface area contributed by atoms with Crippen molar-refractivity contribution >= 4 is 41.7 Å². The van der Waals surface area contributed by atoms with E-state index in [0.29, 0.717) is 26.7 Å². The topological polar surface area (TPSA) is 72.2 Å². The van der Waals surface area contributed by atoms with E-state index in [2.05, 4.69) is 17.9 Å². The molecule has 2 rings (SSSR count). The Morgan fingerprint density at radius 1 is 1.15 bits per heavy atom. The number of hydrogen-bond acceptors (Lipinski definition) is 3. The Labute approximate surface area is 126 Å². The molecule has 0 radical (unpaired) electrons. The summed E-state index contributed by atoms with van der Waals surface area (Å²) in [6, 6.07) is 11.2. The number of nitrogens with one attached hydrogen (secondary N) is 1. The van der Waals surface area contributed by atoms with Crippen molar-refractivity contribution in [2.75, 3.05) is 5.32 Å². The highest BCUT2D eigenvalue weighted by Gasteiger charge is 2.11. The maximum atomic E-state index is 12.1. The molecule has 0 fully saturated rings. The highest BCUT2D eigenvalue weighted by Crippen LogP contribution is 2.21. The molecule has 0 aliphatic rings. The van der Waals surface area contributed by atoms with Crippen molar-refractivity contribution in [3.63, 3.8) is 0 Å². The Hall–Kier alpha value is -1.98. The number of carbonyl (C=O) groups is 2. The van der Waals surface area contributed by atoms with Gasteiger partial charge in [0.05, 0.1) is 10.6 Å². The summed E-state index contributed by atoms with van der Waals surface area (Å²) in [5.41, 5.74) is 6.28. The normalized spacial score (nSPS) is 10.1. The third kappa shape index (κ3) is 3.31. The molecule has 2 aromatic carbocycles. The van der Waals surface area contributed by atoms with Crippen molar-refractivity contribution in [2.45, 2.75) is 4.90 Å². The largest absolute Gasteiger partial charge is 0.366 e. The molecule has 3 N–H and O–H groups in total. The fourth-order valence-corrected chi connectivity index (χ4v) is 2.04. The number of anilines is 1. The van der Waals surface area contributed by atoms with Crippen LogP contribution in [-0.2, 0) is 0 Å². The van der Waals surface area contributed by atoms with Gasteiger partial charge >= 0.3 is 0 Å². The number of thiol groups is 1. The van der Waals surface area contributed by atoms with Crippen LogP contribution >= 0.6 is 24.2 Å². The lowest BCUT2D eigenvalue weighted by molar-refractivity contribution is 0.0996. The number of rotatable bonds is 3. The summed E-state index contributed by atoms with van der Waals surface area (Å²) in [6.45, 7) is 0. The molecule has 2 amide bonds. The Morgan fingerprint density at radius 2 is 1.90 bits per heavy atom. The van der Waals surface area contributed by atoms with E-state index in [1.807, 2.05) is 0 Å². The monoisotopic (exact) mass is 306 g/mol. The van der Waals surface area contributed by atoms with E-state index in [1.54, 1.807) is 36.4 Å². The Balaban J connectivity index is 2.25. The first-order valence-electron chi connectivity index (χ1n) is 5.67. The summed E-state index contributed by atoms with van der Waals surface area (Å²) in [7, 11) is 0. The van der Waals surface area contributed by atoms with Crippen LogP contribution < -0.4 is 11.1 Å². The molecule has 0 aromatic heterocycles. The molecular weight excluding hydrogens is 296 g/mol. The van der Waals surface area contributed by atoms with Crippen LogP contribution in [0.25, 0.3) is 0 Å². The third-order valence-electron chi connectivity index (χ3n) is 2.60. The number of amides is 2. The minimum absolute atomic E-state index is 0.309. The van der Waals surface area contributed by atoms with Gasteiger partial charge in [0.2, 0.25) is 5.91 Å². The lowest BCUT2D eigenvalue weighted by Gasteiger charge is -2.08. The van der Waals surface area contributed by atoms with E-state index in [9.17, 15) is 9.59 Å². The molecule has 0 saturated heterocycles. The van der Waals surface area contributed by atoms with E-state index in [0.717, 1.165) is 0 Å². The third-order valence-corrected chi connectivity index (χ3v) is 3.21. The molecule has 0 aliphatic carbocycles. The van der Waals surface area contributed by atoms with Crippen molar-refractivity contribution in [2.24, 2.45) is 5.73 Å². The highest BCUT2D eigenvalue weighted by atomic mass is 35.5. The van der Waals surface area contributed by atoms with Gasteiger partial charge in [0, 0.05) is 16.1 Å². The van der Waals surface area contributed by atoms with Gasteiger partial charge in [-0.05, 0) is 36.4 Å². The van der Waals surface area contributed by atoms with Crippen molar-refractivity contribution in [3.05, 3.63) is 58.6 Å². The predicted molar refractivity (Wildman–Crippen MR) is 81.6 cm³/mol. The lowest BCUT2D eigenvalue weighted by Crippen LogP contribution is -2.14. The van der Waals surface area contributed by atoms with Crippen LogP contribution in [0.1, 0.15) is 20.7 Å². The van der Waals surface area contributed by atoms with E-state index >= 15 is 0 Å². The summed E-state index contributed by atoms with van der Waals surface area (Å²) in [5, 5.41) is 2.98. The standard InChI is InChI=1S/C14H11ClN2O2S/c15-12-5-4-10(20)7-11(12)14(19)17-9-3-1-2-8(6-9)13(16)18/h1-7,20H,(H2,16,18)(H,17,19). The van der Waals surface area contributed by atoms with E-state index in [4.69, 9.17) is 17.3 Å². The van der Waals surface area contributed by atoms with E-state index in [1.165, 1.54) is 6.07 Å². The fourth-order valence-electron chi connectivity index (χ4n) is 1.64. The van der Waals surface area contributed by atoms with Gasteiger partial charge in [-0.2, -0.15) is 0 Å². The number of halogens is 1. The predicted octanol–water partition coefficient (Wildman–Crippen LogP) is 2.98. The van der Waals surface area contributed by atoms with Crippen LogP contribution in [0.5, 0.6) is 0 Å². The Bertz CT molecular complexity index is 689. The second-order valence-corrected chi connectivity index (χ2v) is 4.99. The summed E-state index contributed by atoms with van der Waals surface area (Å²) < 4.78 is 0. The van der Waals surface area contributed by atoms with Crippen LogP contribution in [0.15, 0.2) is 47.4 Å². The van der Waals surface area contributed by atoms with E-state index in [-0.39, 0.29) is 5.91 Å². The molecule has 0 unspecified atom stereocenters. The zero-order chi connectivity index (χ0) is 14.7. The fraction of sp³-hybridized carbons (Fsp3) is 0. The molecule has 0 heterocycles. The number of hydrogen-bond donors (Lipinski definition) is 3. The first kappa shape index (κ1) is 14.4. The minimum atomic E-state index is -0.559. The van der Waals surface area contributed by atoms with E-state index < -0.39 is 5.91 Å². The zero-order valence-electron chi connectivity index (χ0n) is 10.3. The summed E-state index contributed by atoms with van der Waals surface area (Å²) >= 11 is 10.1. The van der Waals surface area contributed by atoms with Gasteiger partial charge in [-0.1, -0.05) is 17.7 Å². The van der Waals surface area contributed by atoms with Gasteiger partial charge in [-0.3, -0.25) is 9.59 Å². The number of primary amides is 1. The molecule has 0 saturated carbocycles. The average Bonchev–Trinajstić information content (AvgIpc) is 2.41. The van der Waals surface area contributed by atoms with Crippen molar-refractivity contribution < 1.29 is 9.59 Å². The first-order valence-corrected chi connectivity index (χ1v) is 6.49. The summed E-state index contributed by atoms with van der Waals surface area (Å²) in [5.74, 6) is -0.941. The van der Waals surface area contributed by atoms with Gasteiger partial charge in [0.1, 0.15) is 0 Å². The maximum Gasteiger partial charge on any atom is 0.257 e. The number of carbonyl (C=O) groups excluding carboxylic acids is 2. The second-order valence-electron chi connectivity index (χ2n) is 4.06. The average molecular weight is 307 g/mol. The molecule has 6 heteroatoms. The van der Waals surface area contributed by atoms with Crippen LogP contribution in [-0.4, -0.2) is 11.8 Å². The second kappa shape index (κ2) is 5.98. The molecule has 0 aliphatic heterocycles. The van der Waals surface area contributed by atoms with Crippen LogP contribution in [0, 0.1) is 0 Å². The lowest BCUT2D eigenvalue weighted by atomic mass is 10.1. The van der Waals surface area contributed by atoms with Gasteiger partial charge in [0.25, 0.3) is 5.91 Å². The molecule has 0 bridgehead atoms. The molecule has 0 atom stereocenters.